The van der Waals surface area contributed by atoms with E-state index in [2.05, 4.69) is 114 Å². The first-order valence-corrected chi connectivity index (χ1v) is 15.1. The van der Waals surface area contributed by atoms with Gasteiger partial charge in [-0.25, -0.2) is 0 Å². The van der Waals surface area contributed by atoms with E-state index in [1.165, 1.54) is 97.3 Å². The van der Waals surface area contributed by atoms with E-state index in [0.717, 1.165) is 5.92 Å². The third-order valence-electron chi connectivity index (χ3n) is 6.36. The van der Waals surface area contributed by atoms with Crippen molar-refractivity contribution in [2.24, 2.45) is 5.92 Å². The third kappa shape index (κ3) is 21.7. The van der Waals surface area contributed by atoms with Gasteiger partial charge in [0.2, 0.25) is 0 Å². The quantitative estimate of drug-likeness (QED) is 0.0862. The number of alkyl halides is 1. The molecule has 0 aliphatic rings. The lowest BCUT2D eigenvalue weighted by Gasteiger charge is -2.13. The lowest BCUT2D eigenvalue weighted by Crippen LogP contribution is -1.99. The van der Waals surface area contributed by atoms with Gasteiger partial charge in [0, 0.05) is 0 Å². The van der Waals surface area contributed by atoms with Crippen LogP contribution in [-0.2, 0) is 0 Å². The highest BCUT2D eigenvalue weighted by Crippen LogP contribution is 2.21. The number of hydrogen-bond acceptors (Lipinski definition) is 0. The Morgan fingerprint density at radius 1 is 0.500 bits per heavy atom. The van der Waals surface area contributed by atoms with E-state index in [4.69, 9.17) is 0 Å². The molecular formula is C33H55I. The van der Waals surface area contributed by atoms with E-state index in [1.54, 1.807) is 11.1 Å². The lowest BCUT2D eigenvalue weighted by molar-refractivity contribution is 0.527. The van der Waals surface area contributed by atoms with Crippen LogP contribution >= 0.6 is 22.6 Å². The molecule has 34 heavy (non-hydrogen) atoms. The number of halogens is 1. The van der Waals surface area contributed by atoms with Gasteiger partial charge >= 0.3 is 0 Å². The fourth-order valence-electron chi connectivity index (χ4n) is 3.90. The van der Waals surface area contributed by atoms with E-state index < -0.39 is 0 Å². The van der Waals surface area contributed by atoms with Gasteiger partial charge in [-0.05, 0) is 136 Å². The summed E-state index contributed by atoms with van der Waals surface area (Å²) in [6.45, 7) is 17.9. The zero-order valence-electron chi connectivity index (χ0n) is 23.9. The minimum atomic E-state index is 0.782. The highest BCUT2D eigenvalue weighted by Gasteiger charge is 2.06. The van der Waals surface area contributed by atoms with E-state index in [1.807, 2.05) is 0 Å². The molecule has 0 heterocycles. The topological polar surface area (TPSA) is 0 Å². The summed E-state index contributed by atoms with van der Waals surface area (Å²) in [7, 11) is 0. The Morgan fingerprint density at radius 3 is 1.15 bits per heavy atom. The number of hydrogen-bond donors (Lipinski definition) is 0. The van der Waals surface area contributed by atoms with Gasteiger partial charge in [-0.3, -0.25) is 0 Å². The maximum absolute atomic E-state index is 2.54. The summed E-state index contributed by atoms with van der Waals surface area (Å²) in [6, 6.07) is 0. The maximum Gasteiger partial charge on any atom is -0.000187 e. The summed E-state index contributed by atoms with van der Waals surface area (Å²) in [5, 5.41) is 0. The van der Waals surface area contributed by atoms with Crippen LogP contribution in [0, 0.1) is 5.92 Å². The molecule has 0 aromatic carbocycles. The van der Waals surface area contributed by atoms with Crippen LogP contribution in [0.5, 0.6) is 0 Å². The number of allylic oxidation sites excluding steroid dienone is 12. The Bertz CT molecular complexity index is 656. The highest BCUT2D eigenvalue weighted by atomic mass is 127. The predicted octanol–water partition coefficient (Wildman–Crippen LogP) is 12.0. The van der Waals surface area contributed by atoms with Gasteiger partial charge in [-0.2, -0.15) is 0 Å². The Hall–Kier alpha value is -0.830. The zero-order valence-corrected chi connectivity index (χ0v) is 26.1. The third-order valence-corrected chi connectivity index (χ3v) is 6.98. The predicted molar refractivity (Wildman–Crippen MR) is 167 cm³/mol. The molecule has 0 aromatic rings. The van der Waals surface area contributed by atoms with E-state index in [-0.39, 0.29) is 0 Å². The van der Waals surface area contributed by atoms with Gasteiger partial charge in [0.25, 0.3) is 0 Å². The summed E-state index contributed by atoms with van der Waals surface area (Å²) < 4.78 is 1.25. The second-order valence-electron chi connectivity index (χ2n) is 10.7. The van der Waals surface area contributed by atoms with E-state index >= 15 is 0 Å². The van der Waals surface area contributed by atoms with Crippen LogP contribution < -0.4 is 0 Å². The minimum absolute atomic E-state index is 0.782. The average Bonchev–Trinajstić information content (AvgIpc) is 2.75. The molecule has 0 amide bonds. The fourth-order valence-corrected chi connectivity index (χ4v) is 4.78. The molecule has 0 spiro atoms. The van der Waals surface area contributed by atoms with Crippen molar-refractivity contribution in [3.8, 4) is 0 Å². The molecule has 0 rings (SSSR count). The molecule has 1 heteroatoms. The zero-order chi connectivity index (χ0) is 25.8. The van der Waals surface area contributed by atoms with Crippen molar-refractivity contribution in [1.29, 1.82) is 0 Å². The van der Waals surface area contributed by atoms with E-state index in [9.17, 15) is 0 Å². The van der Waals surface area contributed by atoms with Crippen LogP contribution in [0.2, 0.25) is 0 Å². The van der Waals surface area contributed by atoms with Crippen LogP contribution in [0.1, 0.15) is 126 Å². The van der Waals surface area contributed by atoms with Crippen LogP contribution in [0.3, 0.4) is 0 Å². The first kappa shape index (κ1) is 33.2. The molecule has 0 nitrogen and oxygen atoms in total. The van der Waals surface area contributed by atoms with Gasteiger partial charge in [0.15, 0.2) is 0 Å². The Kier molecular flexibility index (Phi) is 20.9. The summed E-state index contributed by atoms with van der Waals surface area (Å²) in [5.41, 5.74) is 9.03. The van der Waals surface area contributed by atoms with Gasteiger partial charge in [-0.1, -0.05) is 92.5 Å². The first-order valence-electron chi connectivity index (χ1n) is 13.6. The lowest BCUT2D eigenvalue weighted by atomic mass is 9.94. The van der Waals surface area contributed by atoms with E-state index in [0.29, 0.717) is 0 Å². The molecule has 0 N–H and O–H groups in total. The minimum Gasteiger partial charge on any atom is -0.0864 e. The summed E-state index contributed by atoms with van der Waals surface area (Å²) in [5.74, 6) is 0.782. The second kappa shape index (κ2) is 21.5. The molecule has 0 aliphatic carbocycles. The van der Waals surface area contributed by atoms with Crippen LogP contribution in [-0.4, -0.2) is 4.43 Å². The monoisotopic (exact) mass is 578 g/mol. The van der Waals surface area contributed by atoms with Crippen molar-refractivity contribution >= 4 is 22.6 Å². The Balaban J connectivity index is 4.46. The van der Waals surface area contributed by atoms with Crippen LogP contribution in [0.25, 0.3) is 0 Å². The Morgan fingerprint density at radius 2 is 0.824 bits per heavy atom. The second-order valence-corrected chi connectivity index (χ2v) is 11.8. The van der Waals surface area contributed by atoms with Crippen molar-refractivity contribution < 1.29 is 0 Å². The Labute approximate surface area is 228 Å². The first-order chi connectivity index (χ1) is 16.1. The van der Waals surface area contributed by atoms with Gasteiger partial charge in [0.1, 0.15) is 0 Å². The van der Waals surface area contributed by atoms with Crippen molar-refractivity contribution in [1.82, 2.24) is 0 Å². The molecule has 0 saturated carbocycles. The van der Waals surface area contributed by atoms with Gasteiger partial charge < -0.3 is 0 Å². The van der Waals surface area contributed by atoms with Crippen molar-refractivity contribution in [3.63, 3.8) is 0 Å². The van der Waals surface area contributed by atoms with Crippen LogP contribution in [0.4, 0.5) is 0 Å². The molecule has 0 aromatic heterocycles. The molecule has 0 aliphatic heterocycles. The fraction of sp³-hybridized carbons (Fsp3) is 0.636. The molecule has 0 atom stereocenters. The standard InChI is InChI=1S/C33H55I/c1-27(2)13-9-15-29(5)17-11-19-31(7)21-23-33(25-26-34)24-22-32(8)20-12-18-30(6)16-10-14-28(3)4/h13-14,17-18,21-22,33H,9-12,15-16,19-20,23-26H2,1-8H3. The van der Waals surface area contributed by atoms with Gasteiger partial charge in [0.05, 0.1) is 0 Å². The van der Waals surface area contributed by atoms with Crippen molar-refractivity contribution in [2.75, 3.05) is 4.43 Å². The van der Waals surface area contributed by atoms with Crippen molar-refractivity contribution in [3.05, 3.63) is 69.9 Å². The largest absolute Gasteiger partial charge is 0.0864 e. The summed E-state index contributed by atoms with van der Waals surface area (Å²) in [6.07, 6.45) is 27.9. The maximum atomic E-state index is 2.54. The summed E-state index contributed by atoms with van der Waals surface area (Å²) >= 11 is 2.54. The molecule has 0 fully saturated rings. The molecule has 0 unspecified atom stereocenters. The summed E-state index contributed by atoms with van der Waals surface area (Å²) in [4.78, 5) is 0. The number of rotatable bonds is 18. The van der Waals surface area contributed by atoms with Crippen molar-refractivity contribution in [2.45, 2.75) is 126 Å². The molecule has 0 saturated heterocycles. The SMILES string of the molecule is CC(C)=CCCC(C)=CCCC(C)=CCC(CC=C(C)CCC=C(C)CCC=C(C)C)CCI. The van der Waals surface area contributed by atoms with Gasteiger partial charge in [-0.15, -0.1) is 0 Å². The van der Waals surface area contributed by atoms with Crippen LogP contribution in [0.15, 0.2) is 69.9 Å². The molecular weight excluding hydrogens is 523 g/mol. The normalized spacial score (nSPS) is 14.3. The molecule has 0 radical (unpaired) electrons. The molecule has 194 valence electrons. The average molecular weight is 579 g/mol. The highest BCUT2D eigenvalue weighted by molar-refractivity contribution is 14.1. The molecule has 0 bridgehead atoms. The smallest absolute Gasteiger partial charge is 0.000187 e.